The minimum absolute atomic E-state index is 0.205. The first-order valence-electron chi connectivity index (χ1n) is 4.22. The average molecular weight is 229 g/mol. The summed E-state index contributed by atoms with van der Waals surface area (Å²) in [4.78, 5) is 15.9. The summed E-state index contributed by atoms with van der Waals surface area (Å²) in [6.45, 7) is 3.60. The molecule has 6 nitrogen and oxygen atoms in total. The molecule has 0 aliphatic carbocycles. The van der Waals surface area contributed by atoms with Gasteiger partial charge in [-0.1, -0.05) is 5.16 Å². The van der Waals surface area contributed by atoms with E-state index in [9.17, 15) is 4.79 Å². The van der Waals surface area contributed by atoms with Gasteiger partial charge in [0, 0.05) is 4.88 Å². The van der Waals surface area contributed by atoms with Crippen LogP contribution in [0, 0.1) is 6.92 Å². The van der Waals surface area contributed by atoms with E-state index in [-0.39, 0.29) is 18.0 Å². The fourth-order valence-corrected chi connectivity index (χ4v) is 1.71. The van der Waals surface area contributed by atoms with Crippen LogP contribution in [0.15, 0.2) is 5.16 Å². The maximum absolute atomic E-state index is 11.3. The zero-order chi connectivity index (χ0) is 11.4. The third kappa shape index (κ3) is 2.44. The minimum Gasteiger partial charge on any atom is -0.461 e. The SMILES string of the molecule is CCOC(=O)/C(=N/O)c1nc(N)sc1C. The molecule has 0 radical (unpaired) electrons. The van der Waals surface area contributed by atoms with Crippen LogP contribution in [0.4, 0.5) is 5.13 Å². The number of anilines is 1. The smallest absolute Gasteiger partial charge is 0.362 e. The second-order valence-electron chi connectivity index (χ2n) is 2.63. The number of nitrogens with two attached hydrogens (primary N) is 1. The van der Waals surface area contributed by atoms with Gasteiger partial charge in [-0.25, -0.2) is 9.78 Å². The second-order valence-corrected chi connectivity index (χ2v) is 3.86. The van der Waals surface area contributed by atoms with Crippen molar-refractivity contribution in [2.45, 2.75) is 13.8 Å². The molecular weight excluding hydrogens is 218 g/mol. The molecule has 0 atom stereocenters. The third-order valence-corrected chi connectivity index (χ3v) is 2.41. The van der Waals surface area contributed by atoms with Crippen molar-refractivity contribution in [3.63, 3.8) is 0 Å². The quantitative estimate of drug-likeness (QED) is 0.345. The van der Waals surface area contributed by atoms with Gasteiger partial charge >= 0.3 is 5.97 Å². The molecule has 1 aromatic heterocycles. The fourth-order valence-electron chi connectivity index (χ4n) is 1.02. The van der Waals surface area contributed by atoms with Crippen LogP contribution in [0.5, 0.6) is 0 Å². The van der Waals surface area contributed by atoms with E-state index < -0.39 is 5.97 Å². The lowest BCUT2D eigenvalue weighted by molar-refractivity contribution is -0.135. The lowest BCUT2D eigenvalue weighted by atomic mass is 10.2. The maximum atomic E-state index is 11.3. The molecule has 15 heavy (non-hydrogen) atoms. The molecule has 1 rings (SSSR count). The predicted molar refractivity (Wildman–Crippen MR) is 56.2 cm³/mol. The molecular formula is C8H11N3O3S. The number of carbonyl (C=O) groups excluding carboxylic acids is 1. The molecule has 0 fully saturated rings. The van der Waals surface area contributed by atoms with Gasteiger partial charge < -0.3 is 15.7 Å². The highest BCUT2D eigenvalue weighted by Crippen LogP contribution is 2.20. The second kappa shape index (κ2) is 4.74. The monoisotopic (exact) mass is 229 g/mol. The van der Waals surface area contributed by atoms with Gasteiger partial charge in [0.2, 0.25) is 5.71 Å². The summed E-state index contributed by atoms with van der Waals surface area (Å²) in [5.41, 5.74) is 5.51. The number of carbonyl (C=O) groups is 1. The summed E-state index contributed by atoms with van der Waals surface area (Å²) < 4.78 is 4.71. The zero-order valence-electron chi connectivity index (χ0n) is 8.35. The lowest BCUT2D eigenvalue weighted by Gasteiger charge is -2.01. The minimum atomic E-state index is -0.714. The van der Waals surface area contributed by atoms with Crippen LogP contribution in [-0.4, -0.2) is 28.5 Å². The Hall–Kier alpha value is -1.63. The van der Waals surface area contributed by atoms with E-state index in [2.05, 4.69) is 10.1 Å². The Kier molecular flexibility index (Phi) is 3.62. The molecule has 7 heteroatoms. The molecule has 0 aromatic carbocycles. The van der Waals surface area contributed by atoms with Crippen molar-refractivity contribution in [3.8, 4) is 0 Å². The molecule has 3 N–H and O–H groups in total. The van der Waals surface area contributed by atoms with Crippen molar-refractivity contribution >= 4 is 28.1 Å². The highest BCUT2D eigenvalue weighted by Gasteiger charge is 2.21. The van der Waals surface area contributed by atoms with E-state index in [1.165, 1.54) is 11.3 Å². The first-order chi connectivity index (χ1) is 7.10. The molecule has 82 valence electrons. The van der Waals surface area contributed by atoms with Gasteiger partial charge in [-0.2, -0.15) is 0 Å². The molecule has 0 spiro atoms. The fraction of sp³-hybridized carbons (Fsp3) is 0.375. The first kappa shape index (κ1) is 11.4. The van der Waals surface area contributed by atoms with Crippen molar-refractivity contribution < 1.29 is 14.7 Å². The van der Waals surface area contributed by atoms with Crippen LogP contribution >= 0.6 is 11.3 Å². The summed E-state index contributed by atoms with van der Waals surface area (Å²) in [5.74, 6) is -0.714. The molecule has 1 heterocycles. The van der Waals surface area contributed by atoms with Gasteiger partial charge in [-0.3, -0.25) is 0 Å². The highest BCUT2D eigenvalue weighted by molar-refractivity contribution is 7.15. The van der Waals surface area contributed by atoms with E-state index in [0.29, 0.717) is 10.0 Å². The number of nitrogen functional groups attached to an aromatic ring is 1. The number of nitrogens with zero attached hydrogens (tertiary/aromatic N) is 2. The van der Waals surface area contributed by atoms with Crippen LogP contribution in [-0.2, 0) is 9.53 Å². The molecule has 0 bridgehead atoms. The molecule has 0 unspecified atom stereocenters. The number of oxime groups is 1. The van der Waals surface area contributed by atoms with Gasteiger partial charge in [0.05, 0.1) is 6.61 Å². The number of ether oxygens (including phenoxy) is 1. The normalized spacial score (nSPS) is 11.5. The number of thiazole rings is 1. The van der Waals surface area contributed by atoms with Gasteiger partial charge in [0.25, 0.3) is 0 Å². The number of hydrogen-bond acceptors (Lipinski definition) is 7. The summed E-state index contributed by atoms with van der Waals surface area (Å²) in [6.07, 6.45) is 0. The van der Waals surface area contributed by atoms with Gasteiger partial charge in [0.1, 0.15) is 5.69 Å². The molecule has 0 aliphatic heterocycles. The van der Waals surface area contributed by atoms with Crippen molar-refractivity contribution in [2.75, 3.05) is 12.3 Å². The number of aryl methyl sites for hydroxylation is 1. The predicted octanol–water partition coefficient (Wildman–Crippen LogP) is 0.775. The van der Waals surface area contributed by atoms with Crippen LogP contribution in [0.2, 0.25) is 0 Å². The maximum Gasteiger partial charge on any atom is 0.362 e. The van der Waals surface area contributed by atoms with E-state index in [1.807, 2.05) is 0 Å². The molecule has 1 aromatic rings. The standard InChI is InChI=1S/C8H11N3O3S/c1-3-14-7(12)6(11-13)5-4(2)15-8(9)10-5/h13H,3H2,1-2H3,(H2,9,10)/b11-6+. The van der Waals surface area contributed by atoms with Crippen LogP contribution < -0.4 is 5.73 Å². The van der Waals surface area contributed by atoms with E-state index in [4.69, 9.17) is 15.7 Å². The van der Waals surface area contributed by atoms with Crippen molar-refractivity contribution in [1.82, 2.24) is 4.98 Å². The Morgan fingerprint density at radius 2 is 2.40 bits per heavy atom. The Morgan fingerprint density at radius 1 is 1.73 bits per heavy atom. The summed E-state index contributed by atoms with van der Waals surface area (Å²) in [6, 6.07) is 0. The third-order valence-electron chi connectivity index (χ3n) is 1.61. The van der Waals surface area contributed by atoms with Gasteiger partial charge in [-0.05, 0) is 13.8 Å². The van der Waals surface area contributed by atoms with Crippen molar-refractivity contribution in [2.24, 2.45) is 5.16 Å². The highest BCUT2D eigenvalue weighted by atomic mass is 32.1. The largest absolute Gasteiger partial charge is 0.461 e. The summed E-state index contributed by atoms with van der Waals surface area (Å²) in [7, 11) is 0. The topological polar surface area (TPSA) is 97.8 Å². The van der Waals surface area contributed by atoms with Crippen LogP contribution in [0.25, 0.3) is 0 Å². The van der Waals surface area contributed by atoms with E-state index >= 15 is 0 Å². The number of rotatable bonds is 3. The van der Waals surface area contributed by atoms with Crippen molar-refractivity contribution in [1.29, 1.82) is 0 Å². The lowest BCUT2D eigenvalue weighted by Crippen LogP contribution is -2.20. The van der Waals surface area contributed by atoms with Gasteiger partial charge in [-0.15, -0.1) is 11.3 Å². The molecule has 0 amide bonds. The molecule has 0 saturated heterocycles. The van der Waals surface area contributed by atoms with E-state index in [1.54, 1.807) is 13.8 Å². The van der Waals surface area contributed by atoms with Gasteiger partial charge in [0.15, 0.2) is 5.13 Å². The Balaban J connectivity index is 3.03. The number of hydrogen-bond donors (Lipinski definition) is 2. The summed E-state index contributed by atoms with van der Waals surface area (Å²) in [5, 5.41) is 11.9. The number of aromatic nitrogens is 1. The molecule has 0 aliphatic rings. The molecule has 0 saturated carbocycles. The Morgan fingerprint density at radius 3 is 2.80 bits per heavy atom. The van der Waals surface area contributed by atoms with E-state index in [0.717, 1.165) is 0 Å². The number of esters is 1. The Labute approximate surface area is 90.4 Å². The van der Waals surface area contributed by atoms with Crippen LogP contribution in [0.3, 0.4) is 0 Å². The van der Waals surface area contributed by atoms with Crippen LogP contribution in [0.1, 0.15) is 17.5 Å². The summed E-state index contributed by atoms with van der Waals surface area (Å²) >= 11 is 1.22. The zero-order valence-corrected chi connectivity index (χ0v) is 9.17. The Bertz CT molecular complexity index is 400. The average Bonchev–Trinajstić information content (AvgIpc) is 2.47. The first-order valence-corrected chi connectivity index (χ1v) is 5.04. The van der Waals surface area contributed by atoms with Crippen molar-refractivity contribution in [3.05, 3.63) is 10.6 Å².